The van der Waals surface area contributed by atoms with Gasteiger partial charge in [0.15, 0.2) is 0 Å². The van der Waals surface area contributed by atoms with Gasteiger partial charge in [-0.1, -0.05) is 12.1 Å². The number of aromatic nitrogens is 2. The lowest BCUT2D eigenvalue weighted by molar-refractivity contribution is -0.384. The fourth-order valence-electron chi connectivity index (χ4n) is 3.50. The Balaban J connectivity index is 1.39. The van der Waals surface area contributed by atoms with Crippen molar-refractivity contribution in [1.82, 2.24) is 20.1 Å². The lowest BCUT2D eigenvalue weighted by Gasteiger charge is -2.38. The van der Waals surface area contributed by atoms with Crippen LogP contribution in [0, 0.1) is 10.1 Å². The predicted molar refractivity (Wildman–Crippen MR) is 101 cm³/mol. The highest BCUT2D eigenvalue weighted by Gasteiger charge is 2.26. The van der Waals surface area contributed by atoms with E-state index in [9.17, 15) is 14.9 Å². The molecule has 0 saturated carbocycles. The fourth-order valence-corrected chi connectivity index (χ4v) is 3.50. The van der Waals surface area contributed by atoms with Crippen molar-refractivity contribution in [1.29, 1.82) is 0 Å². The minimum Gasteiger partial charge on any atom is -0.336 e. The van der Waals surface area contributed by atoms with Crippen molar-refractivity contribution < 1.29 is 14.3 Å². The normalized spacial score (nSPS) is 16.2. The van der Waals surface area contributed by atoms with Gasteiger partial charge >= 0.3 is 0 Å². The first kappa shape index (κ1) is 18.1. The van der Waals surface area contributed by atoms with E-state index in [1.165, 1.54) is 12.1 Å². The third-order valence-corrected chi connectivity index (χ3v) is 5.24. The van der Waals surface area contributed by atoms with Crippen LogP contribution in [-0.2, 0) is 0 Å². The SMILES string of the molecule is CC(c1ccc([N+](=O)[O-])cc1)N1CCN(C(=O)c2ccc3nonc3c2)CC1. The number of non-ortho nitro benzene ring substituents is 1. The van der Waals surface area contributed by atoms with Crippen LogP contribution < -0.4 is 0 Å². The smallest absolute Gasteiger partial charge is 0.269 e. The van der Waals surface area contributed by atoms with Crippen LogP contribution in [0.25, 0.3) is 11.0 Å². The minimum absolute atomic E-state index is 0.0347. The van der Waals surface area contributed by atoms with Crippen LogP contribution in [-0.4, -0.2) is 57.1 Å². The molecule has 0 bridgehead atoms. The molecule has 1 fully saturated rings. The summed E-state index contributed by atoms with van der Waals surface area (Å²) in [5, 5.41) is 18.3. The molecule has 0 radical (unpaired) electrons. The van der Waals surface area contributed by atoms with Crippen LogP contribution >= 0.6 is 0 Å². The number of hydrogen-bond donors (Lipinski definition) is 0. The Morgan fingerprint density at radius 1 is 1.07 bits per heavy atom. The van der Waals surface area contributed by atoms with Crippen molar-refractivity contribution in [3.05, 3.63) is 63.7 Å². The van der Waals surface area contributed by atoms with Gasteiger partial charge in [-0.25, -0.2) is 4.63 Å². The van der Waals surface area contributed by atoms with Crippen LogP contribution in [0.5, 0.6) is 0 Å². The second-order valence-corrected chi connectivity index (χ2v) is 6.82. The second-order valence-electron chi connectivity index (χ2n) is 6.82. The summed E-state index contributed by atoms with van der Waals surface area (Å²) in [5.74, 6) is -0.0347. The molecule has 1 atom stereocenters. The minimum atomic E-state index is -0.398. The zero-order chi connectivity index (χ0) is 19.7. The summed E-state index contributed by atoms with van der Waals surface area (Å²) in [4.78, 5) is 27.3. The quantitative estimate of drug-likeness (QED) is 0.505. The number of rotatable bonds is 4. The molecule has 0 N–H and O–H groups in total. The van der Waals surface area contributed by atoms with Gasteiger partial charge in [0.25, 0.3) is 11.6 Å². The fraction of sp³-hybridized carbons (Fsp3) is 0.316. The number of hydrogen-bond acceptors (Lipinski definition) is 7. The molecule has 0 aliphatic carbocycles. The number of nitro benzene ring substituents is 1. The zero-order valence-corrected chi connectivity index (χ0v) is 15.3. The molecular weight excluding hydrogens is 362 g/mol. The highest BCUT2D eigenvalue weighted by molar-refractivity contribution is 5.97. The zero-order valence-electron chi connectivity index (χ0n) is 15.3. The molecule has 144 valence electrons. The van der Waals surface area contributed by atoms with E-state index in [1.807, 2.05) is 4.90 Å². The molecule has 9 nitrogen and oxygen atoms in total. The Bertz CT molecular complexity index is 1010. The molecule has 2 aromatic carbocycles. The van der Waals surface area contributed by atoms with E-state index in [1.54, 1.807) is 30.3 Å². The molecule has 1 unspecified atom stereocenters. The maximum atomic E-state index is 12.8. The molecule has 0 spiro atoms. The highest BCUT2D eigenvalue weighted by Crippen LogP contribution is 2.24. The number of nitro groups is 1. The third kappa shape index (κ3) is 3.44. The first-order chi connectivity index (χ1) is 13.5. The van der Waals surface area contributed by atoms with Crippen molar-refractivity contribution in [2.75, 3.05) is 26.2 Å². The number of nitrogens with zero attached hydrogens (tertiary/aromatic N) is 5. The van der Waals surface area contributed by atoms with Gasteiger partial charge in [0.05, 0.1) is 4.92 Å². The van der Waals surface area contributed by atoms with Gasteiger partial charge in [-0.05, 0) is 41.0 Å². The number of piperazine rings is 1. The standard InChI is InChI=1S/C19H19N5O4/c1-13(14-2-5-16(6-3-14)24(26)27)22-8-10-23(11-9-22)19(25)15-4-7-17-18(12-15)21-28-20-17/h2-7,12-13H,8-11H2,1H3. The summed E-state index contributed by atoms with van der Waals surface area (Å²) in [6.07, 6.45) is 0. The molecular formula is C19H19N5O4. The summed E-state index contributed by atoms with van der Waals surface area (Å²) in [6.45, 7) is 4.77. The summed E-state index contributed by atoms with van der Waals surface area (Å²) in [6, 6.07) is 11.9. The number of benzene rings is 2. The van der Waals surface area contributed by atoms with Gasteiger partial charge in [-0.3, -0.25) is 19.8 Å². The van der Waals surface area contributed by atoms with E-state index < -0.39 is 4.92 Å². The summed E-state index contributed by atoms with van der Waals surface area (Å²) in [7, 11) is 0. The molecule has 28 heavy (non-hydrogen) atoms. The van der Waals surface area contributed by atoms with Gasteiger partial charge < -0.3 is 4.90 Å². The summed E-state index contributed by atoms with van der Waals surface area (Å²) >= 11 is 0. The molecule has 1 amide bonds. The molecule has 1 aliphatic rings. The Morgan fingerprint density at radius 2 is 1.75 bits per heavy atom. The van der Waals surface area contributed by atoms with E-state index in [2.05, 4.69) is 26.8 Å². The Labute approximate surface area is 160 Å². The molecule has 3 aromatic rings. The summed E-state index contributed by atoms with van der Waals surface area (Å²) in [5.41, 5.74) is 2.87. The largest absolute Gasteiger partial charge is 0.336 e. The Hall–Kier alpha value is -3.33. The number of amides is 1. The second kappa shape index (κ2) is 7.35. The topological polar surface area (TPSA) is 106 Å². The lowest BCUT2D eigenvalue weighted by atomic mass is 10.1. The third-order valence-electron chi connectivity index (χ3n) is 5.24. The maximum Gasteiger partial charge on any atom is 0.269 e. The average molecular weight is 381 g/mol. The highest BCUT2D eigenvalue weighted by atomic mass is 16.6. The molecule has 2 heterocycles. The Kier molecular flexibility index (Phi) is 4.74. The van der Waals surface area contributed by atoms with Crippen LogP contribution in [0.4, 0.5) is 5.69 Å². The van der Waals surface area contributed by atoms with Gasteiger partial charge in [-0.2, -0.15) is 0 Å². The van der Waals surface area contributed by atoms with Gasteiger partial charge in [0.1, 0.15) is 11.0 Å². The van der Waals surface area contributed by atoms with Crippen molar-refractivity contribution in [3.8, 4) is 0 Å². The van der Waals surface area contributed by atoms with Gasteiger partial charge in [0, 0.05) is 49.9 Å². The maximum absolute atomic E-state index is 12.8. The van der Waals surface area contributed by atoms with Crippen molar-refractivity contribution >= 4 is 22.6 Å². The average Bonchev–Trinajstić information content (AvgIpc) is 3.21. The first-order valence-electron chi connectivity index (χ1n) is 9.03. The first-order valence-corrected chi connectivity index (χ1v) is 9.03. The van der Waals surface area contributed by atoms with Gasteiger partial charge in [-0.15, -0.1) is 0 Å². The monoisotopic (exact) mass is 381 g/mol. The lowest BCUT2D eigenvalue weighted by Crippen LogP contribution is -2.49. The van der Waals surface area contributed by atoms with E-state index >= 15 is 0 Å². The molecule has 1 aliphatic heterocycles. The van der Waals surface area contributed by atoms with E-state index in [4.69, 9.17) is 0 Å². The molecule has 9 heteroatoms. The van der Waals surface area contributed by atoms with E-state index in [-0.39, 0.29) is 17.6 Å². The molecule has 1 aromatic heterocycles. The van der Waals surface area contributed by atoms with Crippen molar-refractivity contribution in [2.45, 2.75) is 13.0 Å². The summed E-state index contributed by atoms with van der Waals surface area (Å²) < 4.78 is 4.68. The molecule has 4 rings (SSSR count). The predicted octanol–water partition coefficient (Wildman–Crippen LogP) is 2.65. The van der Waals surface area contributed by atoms with Crippen LogP contribution in [0.15, 0.2) is 47.1 Å². The number of carbonyl (C=O) groups excluding carboxylic acids is 1. The number of fused-ring (bicyclic) bond motifs is 1. The van der Waals surface area contributed by atoms with Crippen molar-refractivity contribution in [2.24, 2.45) is 0 Å². The van der Waals surface area contributed by atoms with Crippen LogP contribution in [0.1, 0.15) is 28.9 Å². The van der Waals surface area contributed by atoms with E-state index in [0.717, 1.165) is 18.7 Å². The van der Waals surface area contributed by atoms with Gasteiger partial charge in [0.2, 0.25) is 0 Å². The molecule has 1 saturated heterocycles. The Morgan fingerprint density at radius 3 is 2.43 bits per heavy atom. The number of carbonyl (C=O) groups is 1. The van der Waals surface area contributed by atoms with Crippen molar-refractivity contribution in [3.63, 3.8) is 0 Å². The van der Waals surface area contributed by atoms with Crippen LogP contribution in [0.2, 0.25) is 0 Å². The van der Waals surface area contributed by atoms with Crippen LogP contribution in [0.3, 0.4) is 0 Å². The van der Waals surface area contributed by atoms with E-state index in [0.29, 0.717) is 29.7 Å².